The highest BCUT2D eigenvalue weighted by Gasteiger charge is 2.39. The summed E-state index contributed by atoms with van der Waals surface area (Å²) in [6, 6.07) is 29.3. The number of hydrogen-bond donors (Lipinski definition) is 1. The van der Waals surface area contributed by atoms with Crippen molar-refractivity contribution in [1.82, 2.24) is 29.4 Å². The molecule has 42 heavy (non-hydrogen) atoms. The number of ether oxygens (including phenoxy) is 2. The van der Waals surface area contributed by atoms with Crippen molar-refractivity contribution in [2.45, 2.75) is 12.8 Å². The summed E-state index contributed by atoms with van der Waals surface area (Å²) in [6.45, 7) is 1.98. The Hall–Kier alpha value is -5.70. The van der Waals surface area contributed by atoms with E-state index in [1.165, 1.54) is 0 Å². The fourth-order valence-corrected chi connectivity index (χ4v) is 5.89. The Bertz CT molecular complexity index is 2150. The first-order valence-electron chi connectivity index (χ1n) is 13.5. The van der Waals surface area contributed by atoms with E-state index in [9.17, 15) is 5.11 Å². The molecule has 1 aliphatic rings. The van der Waals surface area contributed by atoms with Gasteiger partial charge in [0, 0.05) is 10.9 Å². The predicted molar refractivity (Wildman–Crippen MR) is 158 cm³/mol. The molecule has 0 amide bonds. The van der Waals surface area contributed by atoms with Gasteiger partial charge < -0.3 is 14.6 Å². The molecule has 7 aromatic rings. The van der Waals surface area contributed by atoms with Crippen LogP contribution < -0.4 is 9.47 Å². The maximum absolute atomic E-state index is 11.2. The molecule has 1 aliphatic heterocycles. The molecule has 0 bridgehead atoms. The molecular formula is C33H24N6O3. The average Bonchev–Trinajstić information content (AvgIpc) is 3.62. The molecule has 0 fully saturated rings. The fraction of sp³-hybridized carbons (Fsp3) is 0.0909. The smallest absolute Gasteiger partial charge is 0.230 e. The molecular weight excluding hydrogens is 528 g/mol. The first-order chi connectivity index (χ1) is 20.6. The maximum atomic E-state index is 11.2. The Balaban J connectivity index is 1.39. The molecule has 4 aromatic carbocycles. The van der Waals surface area contributed by atoms with Gasteiger partial charge in [0.15, 0.2) is 11.5 Å². The number of phenols is 1. The SMILES string of the molecule is COc1ccccc1[C@@H]1c2c(C)nn(-c3ccccc3)c2Oc2ncn3nc(-c4ccc5ccccc5c4O)nc3c21. The van der Waals surface area contributed by atoms with Gasteiger partial charge in [-0.1, -0.05) is 66.7 Å². The van der Waals surface area contributed by atoms with Gasteiger partial charge in [-0.15, -0.1) is 5.10 Å². The van der Waals surface area contributed by atoms with Gasteiger partial charge in [0.05, 0.1) is 41.1 Å². The molecule has 0 radical (unpaired) electrons. The van der Waals surface area contributed by atoms with Gasteiger partial charge in [-0.05, 0) is 36.6 Å². The van der Waals surface area contributed by atoms with E-state index in [4.69, 9.17) is 29.6 Å². The fourth-order valence-electron chi connectivity index (χ4n) is 5.89. The van der Waals surface area contributed by atoms with Gasteiger partial charge in [0.1, 0.15) is 17.8 Å². The van der Waals surface area contributed by atoms with E-state index in [1.54, 1.807) is 18.0 Å². The minimum absolute atomic E-state index is 0.130. The quantitative estimate of drug-likeness (QED) is 0.268. The zero-order chi connectivity index (χ0) is 28.4. The molecule has 9 nitrogen and oxygen atoms in total. The van der Waals surface area contributed by atoms with Crippen LogP contribution in [0, 0.1) is 6.92 Å². The molecule has 0 unspecified atom stereocenters. The summed E-state index contributed by atoms with van der Waals surface area (Å²) in [7, 11) is 1.66. The highest BCUT2D eigenvalue weighted by atomic mass is 16.5. The van der Waals surface area contributed by atoms with E-state index in [0.717, 1.165) is 44.6 Å². The van der Waals surface area contributed by atoms with Crippen LogP contribution in [0.3, 0.4) is 0 Å². The number of para-hydroxylation sites is 2. The van der Waals surface area contributed by atoms with Crippen molar-refractivity contribution >= 4 is 16.4 Å². The Morgan fingerprint density at radius 3 is 2.50 bits per heavy atom. The molecule has 204 valence electrons. The van der Waals surface area contributed by atoms with E-state index >= 15 is 0 Å². The monoisotopic (exact) mass is 552 g/mol. The lowest BCUT2D eigenvalue weighted by molar-refractivity contribution is 0.393. The average molecular weight is 553 g/mol. The lowest BCUT2D eigenvalue weighted by Crippen LogP contribution is -2.16. The van der Waals surface area contributed by atoms with E-state index < -0.39 is 0 Å². The van der Waals surface area contributed by atoms with Crippen LogP contribution in [0.5, 0.6) is 23.3 Å². The Morgan fingerprint density at radius 2 is 1.64 bits per heavy atom. The predicted octanol–water partition coefficient (Wildman–Crippen LogP) is 6.44. The van der Waals surface area contributed by atoms with Crippen molar-refractivity contribution in [3.05, 3.63) is 120 Å². The lowest BCUT2D eigenvalue weighted by Gasteiger charge is -2.27. The van der Waals surface area contributed by atoms with Crippen molar-refractivity contribution < 1.29 is 14.6 Å². The van der Waals surface area contributed by atoms with E-state index in [2.05, 4.69) is 0 Å². The normalized spacial score (nSPS) is 14.0. The van der Waals surface area contributed by atoms with Crippen LogP contribution >= 0.6 is 0 Å². The zero-order valence-corrected chi connectivity index (χ0v) is 22.8. The molecule has 0 saturated carbocycles. The van der Waals surface area contributed by atoms with Crippen LogP contribution in [0.15, 0.2) is 97.3 Å². The van der Waals surface area contributed by atoms with Gasteiger partial charge in [0.25, 0.3) is 0 Å². The molecule has 0 spiro atoms. The van der Waals surface area contributed by atoms with Crippen LogP contribution in [0.1, 0.15) is 28.3 Å². The van der Waals surface area contributed by atoms with Crippen LogP contribution in [-0.4, -0.2) is 41.6 Å². The number of aromatic hydroxyl groups is 1. The van der Waals surface area contributed by atoms with Gasteiger partial charge in [-0.2, -0.15) is 5.10 Å². The standard InChI is InChI=1S/C33H24N6O3/c1-19-26-27(23-14-8-9-15-25(23)41-2)28-31-35-30(24-17-16-20-10-6-7-13-22(20)29(24)40)37-38(31)18-34-32(28)42-33(26)39(36-19)21-11-4-3-5-12-21/h3-18,27,40H,1-2H3/t27-/m1/s1. The topological polar surface area (TPSA) is 99.6 Å². The molecule has 0 saturated heterocycles. The number of nitrogens with zero attached hydrogens (tertiary/aromatic N) is 6. The van der Waals surface area contributed by atoms with Crippen molar-refractivity contribution in [2.24, 2.45) is 0 Å². The second kappa shape index (κ2) is 9.17. The zero-order valence-electron chi connectivity index (χ0n) is 22.8. The highest BCUT2D eigenvalue weighted by Crippen LogP contribution is 2.51. The molecule has 9 heteroatoms. The van der Waals surface area contributed by atoms with Crippen LogP contribution in [0.2, 0.25) is 0 Å². The summed E-state index contributed by atoms with van der Waals surface area (Å²) >= 11 is 0. The second-order valence-electron chi connectivity index (χ2n) is 10.2. The molecule has 3 aromatic heterocycles. The molecule has 1 N–H and O–H groups in total. The third-order valence-corrected chi connectivity index (χ3v) is 7.81. The van der Waals surface area contributed by atoms with Crippen molar-refractivity contribution in [3.8, 4) is 40.3 Å². The van der Waals surface area contributed by atoms with E-state index in [1.807, 2.05) is 103 Å². The third-order valence-electron chi connectivity index (χ3n) is 7.81. The molecule has 4 heterocycles. The van der Waals surface area contributed by atoms with E-state index in [-0.39, 0.29) is 11.7 Å². The maximum Gasteiger partial charge on any atom is 0.230 e. The first kappa shape index (κ1) is 24.1. The van der Waals surface area contributed by atoms with E-state index in [0.29, 0.717) is 28.8 Å². The van der Waals surface area contributed by atoms with Gasteiger partial charge in [-0.25, -0.2) is 19.2 Å². The summed E-state index contributed by atoms with van der Waals surface area (Å²) in [5, 5.41) is 22.5. The molecule has 0 aliphatic carbocycles. The Labute approximate surface area is 240 Å². The number of aryl methyl sites for hydroxylation is 1. The number of hydrogen-bond acceptors (Lipinski definition) is 7. The summed E-state index contributed by atoms with van der Waals surface area (Å²) in [5.41, 5.74) is 5.34. The minimum Gasteiger partial charge on any atom is -0.507 e. The van der Waals surface area contributed by atoms with Crippen molar-refractivity contribution in [3.63, 3.8) is 0 Å². The van der Waals surface area contributed by atoms with Crippen LogP contribution in [0.25, 0.3) is 33.5 Å². The summed E-state index contributed by atoms with van der Waals surface area (Å²) in [4.78, 5) is 9.66. The summed E-state index contributed by atoms with van der Waals surface area (Å²) in [5.74, 6) is 1.87. The summed E-state index contributed by atoms with van der Waals surface area (Å²) < 4.78 is 15.8. The Kier molecular flexibility index (Phi) is 5.27. The van der Waals surface area contributed by atoms with Crippen molar-refractivity contribution in [2.75, 3.05) is 7.11 Å². The van der Waals surface area contributed by atoms with Gasteiger partial charge in [0.2, 0.25) is 11.8 Å². The number of fused-ring (bicyclic) bond motifs is 5. The van der Waals surface area contributed by atoms with Gasteiger partial charge >= 0.3 is 0 Å². The highest BCUT2D eigenvalue weighted by molar-refractivity contribution is 5.94. The number of benzene rings is 4. The van der Waals surface area contributed by atoms with Crippen LogP contribution in [0.4, 0.5) is 0 Å². The molecule has 1 atom stereocenters. The second-order valence-corrected chi connectivity index (χ2v) is 10.2. The summed E-state index contributed by atoms with van der Waals surface area (Å²) in [6.07, 6.45) is 1.59. The number of rotatable bonds is 4. The first-order valence-corrected chi connectivity index (χ1v) is 13.5. The Morgan fingerprint density at radius 1 is 0.857 bits per heavy atom. The lowest BCUT2D eigenvalue weighted by atomic mass is 9.84. The number of phenolic OH excluding ortho intramolecular Hbond substituents is 1. The minimum atomic E-state index is -0.365. The third kappa shape index (κ3) is 3.50. The molecule has 8 rings (SSSR count). The van der Waals surface area contributed by atoms with Crippen molar-refractivity contribution in [1.29, 1.82) is 0 Å². The largest absolute Gasteiger partial charge is 0.507 e. The number of methoxy groups -OCH3 is 1. The van der Waals surface area contributed by atoms with Crippen LogP contribution in [-0.2, 0) is 0 Å². The number of aromatic nitrogens is 6. The van der Waals surface area contributed by atoms with Gasteiger partial charge in [-0.3, -0.25) is 0 Å².